The Balaban J connectivity index is 0.00000361. The van der Waals surface area contributed by atoms with Gasteiger partial charge in [0.2, 0.25) is 0 Å². The maximum absolute atomic E-state index is 12.0. The molecule has 0 aliphatic carbocycles. The Labute approximate surface area is 126 Å². The zero-order valence-corrected chi connectivity index (χ0v) is 13.0. The number of carbonyl (C=O) groups excluding carboxylic acids is 1. The Hall–Kier alpha value is -1.46. The third kappa shape index (κ3) is 5.27. The molecule has 1 aromatic rings. The number of hydrogen-bond donors (Lipinski definition) is 2. The van der Waals surface area contributed by atoms with Gasteiger partial charge < -0.3 is 20.5 Å². The number of amides is 1. The Kier molecular flexibility index (Phi) is 8.76. The van der Waals surface area contributed by atoms with E-state index in [1.165, 1.54) is 0 Å². The van der Waals surface area contributed by atoms with Crippen LogP contribution in [0.15, 0.2) is 18.2 Å². The summed E-state index contributed by atoms with van der Waals surface area (Å²) in [6.45, 7) is 7.12. The molecule has 6 heteroatoms. The monoisotopic (exact) mass is 302 g/mol. The van der Waals surface area contributed by atoms with Gasteiger partial charge in [-0.25, -0.2) is 0 Å². The van der Waals surface area contributed by atoms with Crippen LogP contribution in [0, 0.1) is 0 Å². The number of halogens is 1. The van der Waals surface area contributed by atoms with Crippen LogP contribution in [0.25, 0.3) is 0 Å². The Morgan fingerprint density at radius 3 is 2.40 bits per heavy atom. The molecule has 1 atom stereocenters. The van der Waals surface area contributed by atoms with Gasteiger partial charge in [0.1, 0.15) is 0 Å². The maximum atomic E-state index is 12.0. The standard InChI is InChI=1S/C14H22N2O3.ClH/c1-4-18-12-7-6-11(8-13(12)19-5-2)14(17)16-10(3)9-15;/h6-8,10H,4-5,9,15H2,1-3H3,(H,16,17);1H/t10-;/m0./s1. The average Bonchev–Trinajstić information content (AvgIpc) is 2.41. The third-order valence-electron chi connectivity index (χ3n) is 2.54. The second-order valence-corrected chi connectivity index (χ2v) is 4.14. The molecule has 20 heavy (non-hydrogen) atoms. The Morgan fingerprint density at radius 2 is 1.85 bits per heavy atom. The number of nitrogens with one attached hydrogen (secondary N) is 1. The second kappa shape index (κ2) is 9.44. The van der Waals surface area contributed by atoms with E-state index in [9.17, 15) is 4.79 Å². The van der Waals surface area contributed by atoms with Crippen LogP contribution in [0.2, 0.25) is 0 Å². The highest BCUT2D eigenvalue weighted by Gasteiger charge is 2.12. The van der Waals surface area contributed by atoms with Gasteiger partial charge in [0.05, 0.1) is 13.2 Å². The van der Waals surface area contributed by atoms with E-state index < -0.39 is 0 Å². The van der Waals surface area contributed by atoms with Crippen LogP contribution in [0.5, 0.6) is 11.5 Å². The van der Waals surface area contributed by atoms with Gasteiger partial charge in [-0.3, -0.25) is 4.79 Å². The summed E-state index contributed by atoms with van der Waals surface area (Å²) in [6.07, 6.45) is 0. The largest absolute Gasteiger partial charge is 0.490 e. The minimum atomic E-state index is -0.165. The first kappa shape index (κ1) is 18.5. The summed E-state index contributed by atoms with van der Waals surface area (Å²) in [6, 6.07) is 5.09. The fourth-order valence-electron chi connectivity index (χ4n) is 1.56. The smallest absolute Gasteiger partial charge is 0.251 e. The lowest BCUT2D eigenvalue weighted by molar-refractivity contribution is 0.0940. The molecule has 5 nitrogen and oxygen atoms in total. The van der Waals surface area contributed by atoms with Gasteiger partial charge in [0, 0.05) is 18.2 Å². The average molecular weight is 303 g/mol. The SMILES string of the molecule is CCOc1ccc(C(=O)N[C@@H](C)CN)cc1OCC.Cl. The maximum Gasteiger partial charge on any atom is 0.251 e. The molecule has 1 rings (SSSR count). The molecule has 0 radical (unpaired) electrons. The molecule has 0 unspecified atom stereocenters. The van der Waals surface area contributed by atoms with E-state index in [1.54, 1.807) is 18.2 Å². The van der Waals surface area contributed by atoms with Gasteiger partial charge in [-0.1, -0.05) is 0 Å². The van der Waals surface area contributed by atoms with Crippen molar-refractivity contribution < 1.29 is 14.3 Å². The summed E-state index contributed by atoms with van der Waals surface area (Å²) in [7, 11) is 0. The van der Waals surface area contributed by atoms with Crippen molar-refractivity contribution in [3.63, 3.8) is 0 Å². The summed E-state index contributed by atoms with van der Waals surface area (Å²) in [5.41, 5.74) is 6.01. The summed E-state index contributed by atoms with van der Waals surface area (Å²) >= 11 is 0. The molecule has 0 saturated heterocycles. The zero-order valence-electron chi connectivity index (χ0n) is 12.1. The lowest BCUT2D eigenvalue weighted by Gasteiger charge is -2.14. The number of ether oxygens (including phenoxy) is 2. The molecule has 114 valence electrons. The van der Waals surface area contributed by atoms with Crippen molar-refractivity contribution in [2.45, 2.75) is 26.8 Å². The predicted octanol–water partition coefficient (Wildman–Crippen LogP) is 1.98. The van der Waals surface area contributed by atoms with E-state index in [0.717, 1.165) is 0 Å². The van der Waals surface area contributed by atoms with Gasteiger partial charge >= 0.3 is 0 Å². The van der Waals surface area contributed by atoms with Crippen molar-refractivity contribution in [1.82, 2.24) is 5.32 Å². The Morgan fingerprint density at radius 1 is 1.25 bits per heavy atom. The zero-order chi connectivity index (χ0) is 14.3. The lowest BCUT2D eigenvalue weighted by Crippen LogP contribution is -2.37. The molecule has 0 saturated carbocycles. The highest BCUT2D eigenvalue weighted by atomic mass is 35.5. The summed E-state index contributed by atoms with van der Waals surface area (Å²) < 4.78 is 10.9. The second-order valence-electron chi connectivity index (χ2n) is 4.14. The quantitative estimate of drug-likeness (QED) is 0.808. The first-order valence-electron chi connectivity index (χ1n) is 6.52. The highest BCUT2D eigenvalue weighted by molar-refractivity contribution is 5.95. The van der Waals surface area contributed by atoms with E-state index in [-0.39, 0.29) is 24.4 Å². The Bertz CT molecular complexity index is 427. The summed E-state index contributed by atoms with van der Waals surface area (Å²) in [4.78, 5) is 12.0. The van der Waals surface area contributed by atoms with Crippen LogP contribution in [0.4, 0.5) is 0 Å². The summed E-state index contributed by atoms with van der Waals surface area (Å²) in [5.74, 6) is 1.06. The normalized spacial score (nSPS) is 11.2. The predicted molar refractivity (Wildman–Crippen MR) is 82.0 cm³/mol. The molecule has 1 aromatic carbocycles. The molecule has 0 bridgehead atoms. The fraction of sp³-hybridized carbons (Fsp3) is 0.500. The van der Waals surface area contributed by atoms with Gasteiger partial charge in [0.25, 0.3) is 5.91 Å². The van der Waals surface area contributed by atoms with Crippen molar-refractivity contribution in [1.29, 1.82) is 0 Å². The number of nitrogens with two attached hydrogens (primary N) is 1. The molecular formula is C14H23ClN2O3. The minimum Gasteiger partial charge on any atom is -0.490 e. The first-order chi connectivity index (χ1) is 9.12. The van der Waals surface area contributed by atoms with Crippen molar-refractivity contribution in [3.8, 4) is 11.5 Å². The van der Waals surface area contributed by atoms with Gasteiger partial charge in [-0.15, -0.1) is 12.4 Å². The van der Waals surface area contributed by atoms with Crippen LogP contribution >= 0.6 is 12.4 Å². The molecule has 1 amide bonds. The van der Waals surface area contributed by atoms with E-state index in [1.807, 2.05) is 20.8 Å². The summed E-state index contributed by atoms with van der Waals surface area (Å²) in [5, 5.41) is 2.81. The molecule has 0 aromatic heterocycles. The fourth-order valence-corrected chi connectivity index (χ4v) is 1.56. The third-order valence-corrected chi connectivity index (χ3v) is 2.54. The molecule has 0 heterocycles. The number of hydrogen-bond acceptors (Lipinski definition) is 4. The number of carbonyl (C=O) groups is 1. The molecule has 0 spiro atoms. The van der Waals surface area contributed by atoms with E-state index >= 15 is 0 Å². The van der Waals surface area contributed by atoms with Crippen LogP contribution in [-0.2, 0) is 0 Å². The van der Waals surface area contributed by atoms with Gasteiger partial charge in [-0.2, -0.15) is 0 Å². The van der Waals surface area contributed by atoms with Crippen molar-refractivity contribution in [3.05, 3.63) is 23.8 Å². The number of benzene rings is 1. The van der Waals surface area contributed by atoms with Crippen molar-refractivity contribution in [2.75, 3.05) is 19.8 Å². The highest BCUT2D eigenvalue weighted by Crippen LogP contribution is 2.28. The molecule has 0 aliphatic rings. The van der Waals surface area contributed by atoms with Crippen LogP contribution in [0.1, 0.15) is 31.1 Å². The van der Waals surface area contributed by atoms with Crippen molar-refractivity contribution >= 4 is 18.3 Å². The molecule has 0 fully saturated rings. The van der Waals surface area contributed by atoms with Crippen LogP contribution in [0.3, 0.4) is 0 Å². The minimum absolute atomic E-state index is 0. The van der Waals surface area contributed by atoms with Crippen LogP contribution in [-0.4, -0.2) is 31.7 Å². The van der Waals surface area contributed by atoms with Crippen LogP contribution < -0.4 is 20.5 Å². The van der Waals surface area contributed by atoms with E-state index in [4.69, 9.17) is 15.2 Å². The lowest BCUT2D eigenvalue weighted by atomic mass is 10.1. The molecule has 3 N–H and O–H groups in total. The van der Waals surface area contributed by atoms with Crippen molar-refractivity contribution in [2.24, 2.45) is 5.73 Å². The van der Waals surface area contributed by atoms with E-state index in [0.29, 0.717) is 36.8 Å². The topological polar surface area (TPSA) is 73.6 Å². The molecule has 0 aliphatic heterocycles. The van der Waals surface area contributed by atoms with Gasteiger partial charge in [0.15, 0.2) is 11.5 Å². The number of rotatable bonds is 7. The van der Waals surface area contributed by atoms with Gasteiger partial charge in [-0.05, 0) is 39.0 Å². The first-order valence-corrected chi connectivity index (χ1v) is 6.52. The van der Waals surface area contributed by atoms with E-state index in [2.05, 4.69) is 5.32 Å². The molecular weight excluding hydrogens is 280 g/mol.